The molecular weight excluding hydrogens is 491 g/mol. The molecule has 0 heterocycles. The summed E-state index contributed by atoms with van der Waals surface area (Å²) >= 11 is 1.92. The number of nitrogens with one attached hydrogen (secondary N) is 1. The van der Waals surface area contributed by atoms with Crippen molar-refractivity contribution in [3.05, 3.63) is 58.0 Å². The zero-order valence-electron chi connectivity index (χ0n) is 24.9. The number of carbonyl (C=O) groups excluding carboxylic acids is 1. The molecule has 0 saturated heterocycles. The van der Waals surface area contributed by atoms with E-state index >= 15 is 0 Å². The highest BCUT2D eigenvalue weighted by Gasteiger charge is 2.37. The Morgan fingerprint density at radius 3 is 2.41 bits per heavy atom. The number of carbonyl (C=O) groups is 1. The van der Waals surface area contributed by atoms with Crippen LogP contribution in [-0.2, 0) is 9.22 Å². The van der Waals surface area contributed by atoms with Gasteiger partial charge in [0.1, 0.15) is 6.29 Å². The van der Waals surface area contributed by atoms with E-state index in [9.17, 15) is 4.79 Å². The smallest absolute Gasteiger partial charge is 0.191 e. The second kappa shape index (κ2) is 14.0. The van der Waals surface area contributed by atoms with Gasteiger partial charge in [-0.3, -0.25) is 4.79 Å². The number of unbranched alkanes of at least 4 members (excludes halogenated alkanes) is 1. The van der Waals surface area contributed by atoms with Gasteiger partial charge in [0, 0.05) is 23.2 Å². The Morgan fingerprint density at radius 1 is 1.14 bits per heavy atom. The SMILES string of the molecule is CCCCSC1=C(/C=C/c2ccc(NC(C)CCO[Si](C)(C)C(C)(C)C)cc2)CC(C)(C)C/C1=C\C=O. The van der Waals surface area contributed by atoms with Crippen molar-refractivity contribution >= 4 is 38.1 Å². The van der Waals surface area contributed by atoms with E-state index < -0.39 is 8.32 Å². The zero-order valence-corrected chi connectivity index (χ0v) is 26.7. The van der Waals surface area contributed by atoms with Gasteiger partial charge in [0.05, 0.1) is 0 Å². The second-order valence-corrected chi connectivity index (χ2v) is 18.7. The molecule has 37 heavy (non-hydrogen) atoms. The van der Waals surface area contributed by atoms with Crippen molar-refractivity contribution in [2.45, 2.75) is 105 Å². The molecule has 5 heteroatoms. The third kappa shape index (κ3) is 10.3. The molecule has 0 radical (unpaired) electrons. The Kier molecular flexibility index (Phi) is 12.0. The van der Waals surface area contributed by atoms with E-state index in [1.54, 1.807) is 6.08 Å². The van der Waals surface area contributed by atoms with Crippen molar-refractivity contribution in [3.8, 4) is 0 Å². The lowest BCUT2D eigenvalue weighted by atomic mass is 9.75. The van der Waals surface area contributed by atoms with Gasteiger partial charge in [-0.15, -0.1) is 11.8 Å². The summed E-state index contributed by atoms with van der Waals surface area (Å²) in [6.45, 7) is 21.3. The minimum absolute atomic E-state index is 0.154. The molecule has 1 unspecified atom stereocenters. The lowest BCUT2D eigenvalue weighted by Gasteiger charge is -2.36. The molecule has 0 spiro atoms. The summed E-state index contributed by atoms with van der Waals surface area (Å²) in [4.78, 5) is 12.7. The monoisotopic (exact) mass is 541 g/mol. The molecule has 1 aromatic rings. The standard InChI is InChI=1S/C32H51NO2SSi/c1-10-11-22-36-30-27(23-32(6,7)24-28(30)18-20-34)15-12-26-13-16-29(17-14-26)33-25(2)19-21-35-37(8,9)31(3,4)5/h12-18,20,25,33H,10-11,19,21-24H2,1-9H3/b15-12+,28-18+. The summed E-state index contributed by atoms with van der Waals surface area (Å²) in [5, 5.41) is 3.87. The molecule has 1 atom stereocenters. The minimum atomic E-state index is -1.69. The Labute approximate surface area is 232 Å². The fraction of sp³-hybridized carbons (Fsp3) is 0.594. The Hall–Kier alpha value is -1.56. The van der Waals surface area contributed by atoms with Crippen molar-refractivity contribution in [1.29, 1.82) is 0 Å². The van der Waals surface area contributed by atoms with E-state index in [2.05, 4.69) is 103 Å². The summed E-state index contributed by atoms with van der Waals surface area (Å²) in [6, 6.07) is 9.04. The number of thioether (sulfide) groups is 1. The summed E-state index contributed by atoms with van der Waals surface area (Å²) < 4.78 is 6.35. The lowest BCUT2D eigenvalue weighted by molar-refractivity contribution is -0.104. The van der Waals surface area contributed by atoms with Gasteiger partial charge in [-0.1, -0.05) is 72.2 Å². The fourth-order valence-electron chi connectivity index (χ4n) is 4.27. The fourth-order valence-corrected chi connectivity index (χ4v) is 6.62. The Morgan fingerprint density at radius 2 is 1.81 bits per heavy atom. The number of benzene rings is 1. The summed E-state index contributed by atoms with van der Waals surface area (Å²) in [5.74, 6) is 1.10. The molecule has 0 fully saturated rings. The highest BCUT2D eigenvalue weighted by Crippen LogP contribution is 2.46. The average molecular weight is 542 g/mol. The first-order valence-electron chi connectivity index (χ1n) is 14.0. The first-order valence-corrected chi connectivity index (χ1v) is 17.9. The van der Waals surface area contributed by atoms with Crippen LogP contribution in [0.4, 0.5) is 5.69 Å². The molecule has 0 amide bonds. The largest absolute Gasteiger partial charge is 0.417 e. The van der Waals surface area contributed by atoms with Gasteiger partial charge in [-0.25, -0.2) is 0 Å². The second-order valence-electron chi connectivity index (χ2n) is 12.8. The van der Waals surface area contributed by atoms with Gasteiger partial charge in [-0.05, 0) is 96.8 Å². The van der Waals surface area contributed by atoms with Crippen LogP contribution >= 0.6 is 11.8 Å². The zero-order chi connectivity index (χ0) is 27.7. The summed E-state index contributed by atoms with van der Waals surface area (Å²) in [6.07, 6.45) is 12.6. The van der Waals surface area contributed by atoms with Crippen molar-refractivity contribution < 1.29 is 9.22 Å². The average Bonchev–Trinajstić information content (AvgIpc) is 2.79. The van der Waals surface area contributed by atoms with Gasteiger partial charge in [-0.2, -0.15) is 0 Å². The van der Waals surface area contributed by atoms with Crippen LogP contribution in [0.15, 0.2) is 52.5 Å². The van der Waals surface area contributed by atoms with Crippen LogP contribution < -0.4 is 5.32 Å². The molecule has 0 aromatic heterocycles. The van der Waals surface area contributed by atoms with Crippen LogP contribution in [0.3, 0.4) is 0 Å². The van der Waals surface area contributed by atoms with E-state index in [4.69, 9.17) is 4.43 Å². The molecule has 1 aliphatic carbocycles. The van der Waals surface area contributed by atoms with Crippen LogP contribution in [0, 0.1) is 5.41 Å². The molecular formula is C32H51NO2SSi. The molecule has 1 aliphatic rings. The maximum absolute atomic E-state index is 11.4. The molecule has 1 N–H and O–H groups in total. The number of anilines is 1. The van der Waals surface area contributed by atoms with Crippen molar-refractivity contribution in [2.75, 3.05) is 17.7 Å². The topological polar surface area (TPSA) is 38.3 Å². The van der Waals surface area contributed by atoms with E-state index in [0.717, 1.165) is 43.6 Å². The maximum atomic E-state index is 11.4. The van der Waals surface area contributed by atoms with Crippen molar-refractivity contribution in [2.24, 2.45) is 5.41 Å². The molecule has 2 rings (SSSR count). The van der Waals surface area contributed by atoms with Gasteiger partial charge in [0.15, 0.2) is 8.32 Å². The Bertz CT molecular complexity index is 967. The number of allylic oxidation sites excluding steroid dienone is 4. The van der Waals surface area contributed by atoms with E-state index in [-0.39, 0.29) is 10.5 Å². The summed E-state index contributed by atoms with van der Waals surface area (Å²) in [5.41, 5.74) is 5.03. The van der Waals surface area contributed by atoms with Crippen LogP contribution in [0.5, 0.6) is 0 Å². The quantitative estimate of drug-likeness (QED) is 0.117. The third-order valence-electron chi connectivity index (χ3n) is 7.56. The van der Waals surface area contributed by atoms with Crippen LogP contribution in [0.25, 0.3) is 6.08 Å². The van der Waals surface area contributed by atoms with Gasteiger partial charge in [0.2, 0.25) is 0 Å². The summed E-state index contributed by atoms with van der Waals surface area (Å²) in [7, 11) is -1.69. The lowest BCUT2D eigenvalue weighted by Crippen LogP contribution is -2.41. The highest BCUT2D eigenvalue weighted by molar-refractivity contribution is 8.03. The first kappa shape index (κ1) is 31.7. The van der Waals surface area contributed by atoms with E-state index in [0.29, 0.717) is 6.04 Å². The minimum Gasteiger partial charge on any atom is -0.417 e. The van der Waals surface area contributed by atoms with Crippen molar-refractivity contribution in [1.82, 2.24) is 0 Å². The first-order chi connectivity index (χ1) is 17.3. The highest BCUT2D eigenvalue weighted by atomic mass is 32.2. The van der Waals surface area contributed by atoms with Gasteiger partial charge >= 0.3 is 0 Å². The molecule has 0 bridgehead atoms. The van der Waals surface area contributed by atoms with Crippen LogP contribution in [0.1, 0.15) is 86.1 Å². The molecule has 206 valence electrons. The predicted molar refractivity (Wildman–Crippen MR) is 168 cm³/mol. The number of aldehydes is 1. The van der Waals surface area contributed by atoms with E-state index in [1.807, 2.05) is 11.8 Å². The van der Waals surface area contributed by atoms with Gasteiger partial charge < -0.3 is 9.74 Å². The number of rotatable bonds is 13. The van der Waals surface area contributed by atoms with Crippen LogP contribution in [0.2, 0.25) is 18.1 Å². The molecule has 0 saturated carbocycles. The van der Waals surface area contributed by atoms with E-state index in [1.165, 1.54) is 34.5 Å². The van der Waals surface area contributed by atoms with Crippen molar-refractivity contribution in [3.63, 3.8) is 0 Å². The normalized spacial score (nSPS) is 18.5. The maximum Gasteiger partial charge on any atom is 0.191 e. The number of hydrogen-bond acceptors (Lipinski definition) is 4. The van der Waals surface area contributed by atoms with Gasteiger partial charge in [0.25, 0.3) is 0 Å². The third-order valence-corrected chi connectivity index (χ3v) is 13.4. The molecule has 0 aliphatic heterocycles. The Balaban J connectivity index is 2.06. The number of hydrogen-bond donors (Lipinski definition) is 1. The van der Waals surface area contributed by atoms with Crippen LogP contribution in [-0.4, -0.2) is 33.0 Å². The molecule has 3 nitrogen and oxygen atoms in total. The molecule has 1 aromatic carbocycles. The predicted octanol–water partition coefficient (Wildman–Crippen LogP) is 9.64.